The van der Waals surface area contributed by atoms with E-state index in [1.54, 1.807) is 13.0 Å². The number of Topliss-reactive ketones (excluding diaryl/α,β-unsaturated/α-hetero) is 1. The minimum Gasteiger partial charge on any atom is -0.507 e. The first kappa shape index (κ1) is 17.4. The van der Waals surface area contributed by atoms with Gasteiger partial charge in [-0.2, -0.15) is 0 Å². The molecule has 0 saturated heterocycles. The molecular formula is C21H26O5. The van der Waals surface area contributed by atoms with Crippen LogP contribution in [-0.2, 0) is 9.53 Å². The van der Waals surface area contributed by atoms with Crippen molar-refractivity contribution < 1.29 is 24.2 Å². The second kappa shape index (κ2) is 6.29. The van der Waals surface area contributed by atoms with Gasteiger partial charge in [0.2, 0.25) is 0 Å². The Labute approximate surface area is 153 Å². The normalized spacial score (nSPS) is 32.9. The molecule has 0 unspecified atom stereocenters. The second-order valence-electron chi connectivity index (χ2n) is 8.49. The average Bonchev–Trinajstić information content (AvgIpc) is 2.60. The third-order valence-electron chi connectivity index (χ3n) is 6.64. The first-order chi connectivity index (χ1) is 12.4. The zero-order valence-electron chi connectivity index (χ0n) is 15.4. The van der Waals surface area contributed by atoms with Gasteiger partial charge in [-0.25, -0.2) is 4.79 Å². The van der Waals surface area contributed by atoms with Crippen molar-refractivity contribution in [2.24, 2.45) is 23.2 Å². The summed E-state index contributed by atoms with van der Waals surface area (Å²) in [7, 11) is 1.49. The van der Waals surface area contributed by atoms with E-state index in [0.717, 1.165) is 19.3 Å². The van der Waals surface area contributed by atoms with Gasteiger partial charge in [-0.1, -0.05) is 0 Å². The maximum absolute atomic E-state index is 13.2. The fourth-order valence-corrected chi connectivity index (χ4v) is 5.93. The highest BCUT2D eigenvalue weighted by Gasteiger charge is 2.55. The molecule has 4 saturated carbocycles. The molecule has 140 valence electrons. The highest BCUT2D eigenvalue weighted by atomic mass is 16.5. The van der Waals surface area contributed by atoms with Crippen molar-refractivity contribution in [3.63, 3.8) is 0 Å². The van der Waals surface area contributed by atoms with Crippen LogP contribution in [0, 0.1) is 23.2 Å². The van der Waals surface area contributed by atoms with E-state index < -0.39 is 12.1 Å². The molecule has 4 aliphatic carbocycles. The second-order valence-corrected chi connectivity index (χ2v) is 8.49. The van der Waals surface area contributed by atoms with Gasteiger partial charge in [-0.3, -0.25) is 4.79 Å². The number of carbonyl (C=O) groups excluding carboxylic acids is 2. The molecule has 5 nitrogen and oxygen atoms in total. The molecule has 1 N–H and O–H groups in total. The summed E-state index contributed by atoms with van der Waals surface area (Å²) in [6, 6.07) is 4.39. The van der Waals surface area contributed by atoms with E-state index in [4.69, 9.17) is 9.47 Å². The van der Waals surface area contributed by atoms with Crippen molar-refractivity contribution >= 4 is 11.8 Å². The molecule has 0 radical (unpaired) electrons. The third kappa shape index (κ3) is 2.87. The number of benzene rings is 1. The van der Waals surface area contributed by atoms with Crippen LogP contribution >= 0.6 is 0 Å². The Bertz CT molecular complexity index is 703. The first-order valence-corrected chi connectivity index (χ1v) is 9.52. The molecule has 0 aliphatic heterocycles. The SMILES string of the molecule is COc1ccc(O)c(C(=O)O[C@H](C)C(=O)C23CC4CC(CC(C4)C2)C3)c1. The summed E-state index contributed by atoms with van der Waals surface area (Å²) in [6.45, 7) is 1.66. The van der Waals surface area contributed by atoms with E-state index in [1.165, 1.54) is 38.5 Å². The lowest BCUT2D eigenvalue weighted by Gasteiger charge is -2.56. The third-order valence-corrected chi connectivity index (χ3v) is 6.64. The first-order valence-electron chi connectivity index (χ1n) is 9.52. The van der Waals surface area contributed by atoms with Gasteiger partial charge >= 0.3 is 5.97 Å². The summed E-state index contributed by atoms with van der Waals surface area (Å²) in [6.07, 6.45) is 5.83. The quantitative estimate of drug-likeness (QED) is 0.812. The Kier molecular flexibility index (Phi) is 4.20. The van der Waals surface area contributed by atoms with Gasteiger partial charge in [-0.15, -0.1) is 0 Å². The highest BCUT2D eigenvalue weighted by molar-refractivity contribution is 5.96. The zero-order chi connectivity index (χ0) is 18.5. The molecule has 4 aliphatic rings. The summed E-state index contributed by atoms with van der Waals surface area (Å²) < 4.78 is 10.6. The minimum absolute atomic E-state index is 0.0227. The number of carbonyl (C=O) groups is 2. The molecule has 1 aromatic carbocycles. The summed E-state index contributed by atoms with van der Waals surface area (Å²) in [5.41, 5.74) is -0.278. The van der Waals surface area contributed by atoms with E-state index in [1.807, 2.05) is 0 Å². The van der Waals surface area contributed by atoms with Crippen LogP contribution in [-0.4, -0.2) is 30.1 Å². The number of aromatic hydroxyl groups is 1. The lowest BCUT2D eigenvalue weighted by atomic mass is 9.48. The number of phenolic OH excluding ortho intramolecular Hbond substituents is 1. The van der Waals surface area contributed by atoms with Gasteiger partial charge in [0, 0.05) is 5.41 Å². The number of hydrogen-bond acceptors (Lipinski definition) is 5. The van der Waals surface area contributed by atoms with Gasteiger partial charge in [-0.05, 0) is 81.4 Å². The van der Waals surface area contributed by atoms with Crippen molar-refractivity contribution in [2.45, 2.75) is 51.6 Å². The number of ketones is 1. The summed E-state index contributed by atoms with van der Waals surface area (Å²) in [5, 5.41) is 9.94. The Morgan fingerprint density at radius 2 is 1.69 bits per heavy atom. The van der Waals surface area contributed by atoms with Crippen molar-refractivity contribution in [3.05, 3.63) is 23.8 Å². The number of esters is 1. The fourth-order valence-electron chi connectivity index (χ4n) is 5.93. The van der Waals surface area contributed by atoms with Gasteiger partial charge in [0.25, 0.3) is 0 Å². The number of hydrogen-bond donors (Lipinski definition) is 1. The average molecular weight is 358 g/mol. The Morgan fingerprint density at radius 1 is 1.12 bits per heavy atom. The van der Waals surface area contributed by atoms with E-state index in [0.29, 0.717) is 23.5 Å². The van der Waals surface area contributed by atoms with Crippen LogP contribution in [0.25, 0.3) is 0 Å². The van der Waals surface area contributed by atoms with Crippen molar-refractivity contribution in [1.82, 2.24) is 0 Å². The Hall–Kier alpha value is -2.04. The molecule has 1 atom stereocenters. The molecule has 5 heteroatoms. The smallest absolute Gasteiger partial charge is 0.342 e. The van der Waals surface area contributed by atoms with Crippen LogP contribution in [0.2, 0.25) is 0 Å². The lowest BCUT2D eigenvalue weighted by molar-refractivity contribution is -0.152. The zero-order valence-corrected chi connectivity index (χ0v) is 15.4. The minimum atomic E-state index is -0.802. The van der Waals surface area contributed by atoms with Crippen LogP contribution < -0.4 is 4.74 Å². The van der Waals surface area contributed by atoms with E-state index >= 15 is 0 Å². The standard InChI is InChI=1S/C21H26O5/c1-12(26-20(24)17-8-16(25-2)3-4-18(17)22)19(23)21-9-13-5-14(10-21)7-15(6-13)11-21/h3-4,8,12-15,22H,5-7,9-11H2,1-2H3/t12-,13?,14?,15?,21?/m1/s1. The molecule has 4 fully saturated rings. The number of phenols is 1. The summed E-state index contributed by atoms with van der Waals surface area (Å²) in [5.74, 6) is 1.64. The predicted octanol–water partition coefficient (Wildman–Crippen LogP) is 3.73. The number of methoxy groups -OCH3 is 1. The molecular weight excluding hydrogens is 332 g/mol. The fraction of sp³-hybridized carbons (Fsp3) is 0.619. The highest BCUT2D eigenvalue weighted by Crippen LogP contribution is 2.60. The number of ether oxygens (including phenoxy) is 2. The van der Waals surface area contributed by atoms with E-state index in [-0.39, 0.29) is 22.5 Å². The van der Waals surface area contributed by atoms with Crippen molar-refractivity contribution in [3.8, 4) is 11.5 Å². The summed E-state index contributed by atoms with van der Waals surface area (Å²) >= 11 is 0. The largest absolute Gasteiger partial charge is 0.507 e. The van der Waals surface area contributed by atoms with E-state index in [2.05, 4.69) is 0 Å². The molecule has 0 heterocycles. The molecule has 0 aromatic heterocycles. The van der Waals surface area contributed by atoms with Gasteiger partial charge < -0.3 is 14.6 Å². The van der Waals surface area contributed by atoms with Crippen LogP contribution in [0.15, 0.2) is 18.2 Å². The Balaban J connectivity index is 1.49. The molecule has 26 heavy (non-hydrogen) atoms. The predicted molar refractivity (Wildman–Crippen MR) is 95.1 cm³/mol. The van der Waals surface area contributed by atoms with Gasteiger partial charge in [0.1, 0.15) is 17.1 Å². The number of rotatable bonds is 5. The van der Waals surface area contributed by atoms with Crippen LogP contribution in [0.3, 0.4) is 0 Å². The molecule has 1 aromatic rings. The van der Waals surface area contributed by atoms with Gasteiger partial charge in [0.15, 0.2) is 11.9 Å². The molecule has 0 amide bonds. The van der Waals surface area contributed by atoms with Crippen LogP contribution in [0.5, 0.6) is 11.5 Å². The van der Waals surface area contributed by atoms with Gasteiger partial charge in [0.05, 0.1) is 7.11 Å². The molecule has 0 spiro atoms. The molecule has 5 rings (SSSR count). The van der Waals surface area contributed by atoms with Crippen LogP contribution in [0.1, 0.15) is 55.8 Å². The Morgan fingerprint density at radius 3 is 2.23 bits per heavy atom. The summed E-state index contributed by atoms with van der Waals surface area (Å²) in [4.78, 5) is 25.7. The van der Waals surface area contributed by atoms with Crippen molar-refractivity contribution in [2.75, 3.05) is 7.11 Å². The maximum Gasteiger partial charge on any atom is 0.342 e. The maximum atomic E-state index is 13.2. The topological polar surface area (TPSA) is 72.8 Å². The van der Waals surface area contributed by atoms with Crippen LogP contribution in [0.4, 0.5) is 0 Å². The van der Waals surface area contributed by atoms with Crippen molar-refractivity contribution in [1.29, 1.82) is 0 Å². The molecule has 4 bridgehead atoms. The lowest BCUT2D eigenvalue weighted by Crippen LogP contribution is -2.52. The van der Waals surface area contributed by atoms with E-state index in [9.17, 15) is 14.7 Å². The monoisotopic (exact) mass is 358 g/mol.